The molecule has 29 heteroatoms. The Morgan fingerprint density at radius 1 is 0.810 bits per heavy atom. The maximum absolute atomic E-state index is 13.4. The van der Waals surface area contributed by atoms with Gasteiger partial charge in [0.15, 0.2) is 17.0 Å². The Kier molecular flexibility index (Phi) is 33.9. The number of cyclic esters (lactones) is 2. The van der Waals surface area contributed by atoms with Crippen molar-refractivity contribution in [3.05, 3.63) is 88.0 Å². The fraction of sp³-hybridized carbons (Fsp3) is 0.671. The standard InChI is InChI=1S/C47H68O17.C29H42N4O5S3/c1-10-11-12-13-14-15-39(51)62-43-31(22-41(53)58-9)21-34-25-37(28(2)48)61-42(54)24-32(50)23-35-26-38(59-29(3)49)45(6,7)46(55,63-35)27-36-19-30(20-40(52)57-8)18-33(60-36)16-17-44(4,5)47(43,56)64-34;1-5-6-7-8-9-13-24(35)39-14-11-10-12-20-15-22(34)30-16-23-31-21(17-40-23)26-33-29(4,18-41-26)28(37)32-25(19(2)3)27(36)38-20/h12-17,20,22,28,32-38,43,48,50,55-56H,10-11,18-19,21,23-27H2,1-9H3;10,12,17,19-20,25H,5-9,11,13-16,18H2,1-4H3,(H,30,34)(H,32,37)/b13-12+,15-14+,17-16+,30-20+,31-22+;12-10+/t28-,32-,33?,34+,35-,36+,37-,38+,43+,46+,47-;20-,25+,29+/m11/s1. The molecule has 0 spiro atoms. The van der Waals surface area contributed by atoms with Gasteiger partial charge < -0.3 is 73.7 Å². The SMILES string of the molecule is CCC/C=C/C=C/C(=O)O[C@H]1/C(=C/C(=O)OC)C[C@H]2C[C@H]([C@@H](C)O)OC(=O)C[C@H](O)C[C@@H]3C[C@H](OC(C)=O)C(C)(C)[C@](O)(C[C@@H]4C/C(=C/C(=O)OC)CC(/C=C/C(C)(C)[C@]1(O)O2)O4)O3.CCCCCCCC(=O)SCC/C=C/[C@@H]1CC(=O)NCc2nc(cs2)C2=N[C@@](C)(CS2)C(=O)N[C@@H](C(C)C)C(=O)O1. The van der Waals surface area contributed by atoms with Gasteiger partial charge in [0, 0.05) is 79.6 Å². The van der Waals surface area contributed by atoms with Crippen LogP contribution in [0.2, 0.25) is 0 Å². The van der Waals surface area contributed by atoms with Crippen molar-refractivity contribution in [3.8, 4) is 0 Å². The first-order chi connectivity index (χ1) is 49.6. The van der Waals surface area contributed by atoms with Crippen LogP contribution in [0.3, 0.4) is 0 Å². The molecule has 6 aliphatic heterocycles. The summed E-state index contributed by atoms with van der Waals surface area (Å²) in [6.45, 7) is 19.0. The lowest BCUT2D eigenvalue weighted by Gasteiger charge is -2.53. The fourth-order valence-corrected chi connectivity index (χ4v) is 15.5. The number of esters is 6. The third kappa shape index (κ3) is 25.9. The lowest BCUT2D eigenvalue weighted by molar-refractivity contribution is -0.348. The number of allylic oxidation sites excluding steroid dienone is 4. The topological polar surface area (TPSA) is 367 Å². The van der Waals surface area contributed by atoms with Gasteiger partial charge in [0.05, 0.1) is 75.6 Å². The van der Waals surface area contributed by atoms with Crippen LogP contribution < -0.4 is 10.6 Å². The Morgan fingerprint density at radius 2 is 1.53 bits per heavy atom. The van der Waals surface area contributed by atoms with Crippen LogP contribution in [0.4, 0.5) is 0 Å². The number of ether oxygens (including phenoxy) is 9. The summed E-state index contributed by atoms with van der Waals surface area (Å²) < 4.78 is 52.4. The molecule has 14 atom stereocenters. The van der Waals surface area contributed by atoms with Crippen LogP contribution in [0.5, 0.6) is 0 Å². The molecule has 1 aromatic rings. The number of carbonyl (C=O) groups is 9. The van der Waals surface area contributed by atoms with Gasteiger partial charge >= 0.3 is 35.8 Å². The van der Waals surface area contributed by atoms with Crippen molar-refractivity contribution in [2.75, 3.05) is 25.7 Å². The molecule has 105 heavy (non-hydrogen) atoms. The summed E-state index contributed by atoms with van der Waals surface area (Å²) in [5.74, 6) is -8.74. The number of carbonyl (C=O) groups excluding carboxylic acids is 9. The molecule has 2 amide bonds. The van der Waals surface area contributed by atoms with E-state index in [4.69, 9.17) is 42.6 Å². The van der Waals surface area contributed by atoms with E-state index in [0.717, 1.165) is 50.0 Å². The molecule has 0 aromatic carbocycles. The van der Waals surface area contributed by atoms with Crippen LogP contribution >= 0.6 is 34.9 Å². The highest BCUT2D eigenvalue weighted by Crippen LogP contribution is 2.51. The molecule has 6 N–H and O–H groups in total. The zero-order valence-electron chi connectivity index (χ0n) is 62.9. The van der Waals surface area contributed by atoms with Crippen molar-refractivity contribution in [1.29, 1.82) is 0 Å². The van der Waals surface area contributed by atoms with Crippen LogP contribution in [0.1, 0.15) is 202 Å². The zero-order valence-corrected chi connectivity index (χ0v) is 65.3. The van der Waals surface area contributed by atoms with Gasteiger partial charge in [0.25, 0.3) is 0 Å². The molecule has 0 radical (unpaired) electrons. The minimum atomic E-state index is -2.47. The molecule has 6 aliphatic rings. The van der Waals surface area contributed by atoms with Gasteiger partial charge in [-0.3, -0.25) is 29.0 Å². The average Bonchev–Trinajstić information content (AvgIpc) is 1.46. The first-order valence-corrected chi connectivity index (χ1v) is 39.2. The number of thioether (sulfide) groups is 2. The lowest BCUT2D eigenvalue weighted by Crippen LogP contribution is -2.62. The van der Waals surface area contributed by atoms with E-state index >= 15 is 0 Å². The predicted octanol–water partition coefficient (Wildman–Crippen LogP) is 9.31. The van der Waals surface area contributed by atoms with E-state index in [0.29, 0.717) is 40.7 Å². The van der Waals surface area contributed by atoms with Crippen LogP contribution in [0.15, 0.2) is 82.3 Å². The fourth-order valence-electron chi connectivity index (χ4n) is 12.8. The molecule has 584 valence electrons. The number of hydrogen-bond acceptors (Lipinski definition) is 27. The smallest absolute Gasteiger partial charge is 0.331 e. The van der Waals surface area contributed by atoms with Gasteiger partial charge in [-0.05, 0) is 69.9 Å². The van der Waals surface area contributed by atoms with Gasteiger partial charge in [-0.2, -0.15) is 0 Å². The van der Waals surface area contributed by atoms with Gasteiger partial charge in [0.2, 0.25) is 17.6 Å². The minimum absolute atomic E-state index is 0.0661. The number of methoxy groups -OCH3 is 2. The summed E-state index contributed by atoms with van der Waals surface area (Å²) >= 11 is 4.18. The molecule has 7 rings (SSSR count). The number of aliphatic hydroxyl groups is 4. The first kappa shape index (κ1) is 87.5. The highest BCUT2D eigenvalue weighted by atomic mass is 32.2. The number of hydrogen-bond donors (Lipinski definition) is 6. The lowest BCUT2D eigenvalue weighted by atomic mass is 9.70. The average molecular weight is 1530 g/mol. The van der Waals surface area contributed by atoms with E-state index in [2.05, 4.69) is 27.5 Å². The minimum Gasteiger partial charge on any atom is -0.466 e. The Labute approximate surface area is 629 Å². The largest absolute Gasteiger partial charge is 0.466 e. The van der Waals surface area contributed by atoms with E-state index in [1.807, 2.05) is 38.3 Å². The van der Waals surface area contributed by atoms with Crippen molar-refractivity contribution in [2.24, 2.45) is 21.7 Å². The molecule has 3 saturated heterocycles. The van der Waals surface area contributed by atoms with E-state index in [1.165, 1.54) is 87.2 Å². The molecule has 10 bridgehead atoms. The van der Waals surface area contributed by atoms with Crippen LogP contribution in [0, 0.1) is 16.7 Å². The van der Waals surface area contributed by atoms with E-state index in [1.54, 1.807) is 58.9 Å². The number of nitrogens with one attached hydrogen (secondary N) is 2. The Hall–Kier alpha value is -6.41. The van der Waals surface area contributed by atoms with Gasteiger partial charge in [0.1, 0.15) is 45.6 Å². The summed E-state index contributed by atoms with van der Waals surface area (Å²) in [5.41, 5.74) is -2.41. The second-order valence-electron chi connectivity index (χ2n) is 29.1. The van der Waals surface area contributed by atoms with Gasteiger partial charge in [-0.1, -0.05) is 141 Å². The van der Waals surface area contributed by atoms with Gasteiger partial charge in [-0.25, -0.2) is 24.2 Å². The molecule has 7 heterocycles. The van der Waals surface area contributed by atoms with E-state index < -0.39 is 137 Å². The summed E-state index contributed by atoms with van der Waals surface area (Å²) in [6, 6.07) is -0.896. The molecule has 3 fully saturated rings. The van der Waals surface area contributed by atoms with E-state index in [9.17, 15) is 63.6 Å². The monoisotopic (exact) mass is 1530 g/mol. The molecule has 0 saturated carbocycles. The third-order valence-corrected chi connectivity index (χ3v) is 22.3. The number of aromatic nitrogens is 1. The summed E-state index contributed by atoms with van der Waals surface area (Å²) in [4.78, 5) is 125. The van der Waals surface area contributed by atoms with Crippen molar-refractivity contribution in [3.63, 3.8) is 0 Å². The molecule has 26 nitrogen and oxygen atoms in total. The third-order valence-electron chi connectivity index (χ3n) is 19.2. The van der Waals surface area contributed by atoms with Crippen LogP contribution in [-0.2, 0) is 92.3 Å². The summed E-state index contributed by atoms with van der Waals surface area (Å²) in [5, 5.41) is 56.7. The molecular formula is C76H110N4O22S3. The zero-order chi connectivity index (χ0) is 77.5. The number of amides is 2. The molecule has 0 aliphatic carbocycles. The second kappa shape index (κ2) is 40.7. The van der Waals surface area contributed by atoms with Crippen molar-refractivity contribution < 1.29 is 106 Å². The van der Waals surface area contributed by atoms with Crippen molar-refractivity contribution in [1.82, 2.24) is 15.6 Å². The number of rotatable bonds is 20. The highest BCUT2D eigenvalue weighted by Gasteiger charge is 2.60. The normalized spacial score (nSPS) is 31.1. The van der Waals surface area contributed by atoms with Crippen molar-refractivity contribution >= 4 is 92.6 Å². The molecular weight excluding hydrogens is 1420 g/mol. The summed E-state index contributed by atoms with van der Waals surface area (Å²) in [6.07, 6.45) is 12.0. The first-order valence-electron chi connectivity index (χ1n) is 36.3. The molecule has 1 unspecified atom stereocenters. The maximum Gasteiger partial charge on any atom is 0.331 e. The van der Waals surface area contributed by atoms with Gasteiger partial charge in [-0.15, -0.1) is 23.1 Å². The number of thiazole rings is 1. The number of aliphatic imine (C=N–C) groups is 1. The molecule has 1 aromatic heterocycles. The quantitative estimate of drug-likeness (QED) is 0.0177. The van der Waals surface area contributed by atoms with E-state index in [-0.39, 0.29) is 86.3 Å². The second-order valence-corrected chi connectivity index (χ2v) is 32.2. The Bertz CT molecular complexity index is 3390. The Morgan fingerprint density at radius 3 is 2.22 bits per heavy atom. The van der Waals surface area contributed by atoms with Crippen LogP contribution in [-0.4, -0.2) is 193 Å². The maximum atomic E-state index is 13.4. The van der Waals surface area contributed by atoms with Crippen molar-refractivity contribution in [2.45, 2.75) is 282 Å². The highest BCUT2D eigenvalue weighted by molar-refractivity contribution is 8.14. The number of unbranched alkanes of at least 4 members (excludes halogenated alkanes) is 5. The number of nitrogens with zero attached hydrogens (tertiary/aromatic N) is 2. The van der Waals surface area contributed by atoms with Crippen LogP contribution in [0.25, 0.3) is 0 Å². The Balaban J connectivity index is 0.000000362. The summed E-state index contributed by atoms with van der Waals surface area (Å²) in [7, 11) is 2.40. The number of fused-ring (bicyclic) bond motifs is 10. The number of aliphatic hydroxyl groups excluding tert-OH is 2. The predicted molar refractivity (Wildman–Crippen MR) is 396 cm³/mol.